The SMILES string of the molecule is COCc1cc(-c2nc(-c3cc(Cl)c(C(=O)OC)cc3F)no2)ccc1-c1ccccc1C. The monoisotopic (exact) mass is 466 g/mol. The van der Waals surface area contributed by atoms with Gasteiger partial charge in [0.15, 0.2) is 0 Å². The van der Waals surface area contributed by atoms with Crippen molar-refractivity contribution in [1.29, 1.82) is 0 Å². The maximum absolute atomic E-state index is 14.7. The Balaban J connectivity index is 1.72. The van der Waals surface area contributed by atoms with Crippen LogP contribution >= 0.6 is 11.6 Å². The Hall–Kier alpha value is -3.55. The lowest BCUT2D eigenvalue weighted by molar-refractivity contribution is 0.0600. The third-order valence-corrected chi connectivity index (χ3v) is 5.53. The number of hydrogen-bond donors (Lipinski definition) is 0. The van der Waals surface area contributed by atoms with Gasteiger partial charge in [-0.25, -0.2) is 9.18 Å². The van der Waals surface area contributed by atoms with Crippen molar-refractivity contribution < 1.29 is 23.2 Å². The van der Waals surface area contributed by atoms with Crippen LogP contribution in [-0.2, 0) is 16.1 Å². The van der Waals surface area contributed by atoms with Crippen molar-refractivity contribution in [3.63, 3.8) is 0 Å². The number of aromatic nitrogens is 2. The lowest BCUT2D eigenvalue weighted by Gasteiger charge is -2.12. The van der Waals surface area contributed by atoms with E-state index in [0.717, 1.165) is 28.3 Å². The third-order valence-electron chi connectivity index (χ3n) is 5.22. The predicted octanol–water partition coefficient (Wildman–Crippen LogP) is 6.10. The van der Waals surface area contributed by atoms with Crippen LogP contribution in [0.3, 0.4) is 0 Å². The average molecular weight is 467 g/mol. The molecule has 4 aromatic rings. The van der Waals surface area contributed by atoms with Gasteiger partial charge in [-0.2, -0.15) is 4.98 Å². The van der Waals surface area contributed by atoms with Crippen molar-refractivity contribution in [1.82, 2.24) is 10.1 Å². The molecule has 0 aliphatic heterocycles. The van der Waals surface area contributed by atoms with Crippen LogP contribution in [0, 0.1) is 12.7 Å². The molecule has 0 amide bonds. The number of methoxy groups -OCH3 is 2. The summed E-state index contributed by atoms with van der Waals surface area (Å²) in [7, 11) is 2.82. The molecule has 8 heteroatoms. The van der Waals surface area contributed by atoms with E-state index in [-0.39, 0.29) is 27.9 Å². The Labute approximate surface area is 194 Å². The van der Waals surface area contributed by atoms with Gasteiger partial charge in [0.1, 0.15) is 5.82 Å². The molecule has 3 aromatic carbocycles. The van der Waals surface area contributed by atoms with Crippen LogP contribution in [0.1, 0.15) is 21.5 Å². The first kappa shape index (κ1) is 22.6. The summed E-state index contributed by atoms with van der Waals surface area (Å²) in [5.41, 5.74) is 4.82. The number of nitrogens with zero attached hydrogens (tertiary/aromatic N) is 2. The summed E-state index contributed by atoms with van der Waals surface area (Å²) < 4.78 is 30.1. The molecule has 0 aliphatic rings. The number of hydrogen-bond acceptors (Lipinski definition) is 6. The number of carbonyl (C=O) groups is 1. The molecule has 4 rings (SSSR count). The van der Waals surface area contributed by atoms with E-state index in [0.29, 0.717) is 12.2 Å². The molecule has 1 aromatic heterocycles. The average Bonchev–Trinajstić information content (AvgIpc) is 3.30. The van der Waals surface area contributed by atoms with E-state index in [1.165, 1.54) is 13.2 Å². The maximum Gasteiger partial charge on any atom is 0.339 e. The van der Waals surface area contributed by atoms with Gasteiger partial charge in [0, 0.05) is 12.7 Å². The zero-order chi connectivity index (χ0) is 23.5. The van der Waals surface area contributed by atoms with Gasteiger partial charge in [-0.15, -0.1) is 0 Å². The van der Waals surface area contributed by atoms with Gasteiger partial charge in [0.25, 0.3) is 5.89 Å². The standard InChI is InChI=1S/C25H20ClFN2O4/c1-14-6-4-5-7-17(14)18-9-8-15(10-16(18)13-31-2)24-28-23(29-33-24)20-11-21(26)19(12-22(20)27)25(30)32-3/h4-12H,13H2,1-3H3. The van der Waals surface area contributed by atoms with Crippen LogP contribution < -0.4 is 0 Å². The highest BCUT2D eigenvalue weighted by Crippen LogP contribution is 2.33. The Morgan fingerprint density at radius 3 is 2.58 bits per heavy atom. The number of benzene rings is 3. The van der Waals surface area contributed by atoms with Crippen LogP contribution in [-0.4, -0.2) is 30.3 Å². The van der Waals surface area contributed by atoms with Crippen molar-refractivity contribution in [2.45, 2.75) is 13.5 Å². The molecular formula is C25H20ClFN2O4. The predicted molar refractivity (Wildman–Crippen MR) is 122 cm³/mol. The molecule has 168 valence electrons. The van der Waals surface area contributed by atoms with Crippen molar-refractivity contribution in [2.75, 3.05) is 14.2 Å². The number of rotatable bonds is 6. The van der Waals surface area contributed by atoms with E-state index in [9.17, 15) is 9.18 Å². The van der Waals surface area contributed by atoms with Crippen LogP contribution in [0.25, 0.3) is 34.0 Å². The van der Waals surface area contributed by atoms with Crippen molar-refractivity contribution in [3.05, 3.63) is 82.1 Å². The summed E-state index contributed by atoms with van der Waals surface area (Å²) in [6.45, 7) is 2.44. The number of carbonyl (C=O) groups excluding carboxylic acids is 1. The van der Waals surface area contributed by atoms with Gasteiger partial charge in [-0.1, -0.05) is 47.1 Å². The van der Waals surface area contributed by atoms with Gasteiger partial charge in [-0.05, 0) is 53.4 Å². The van der Waals surface area contributed by atoms with Gasteiger partial charge in [0.05, 0.1) is 29.9 Å². The van der Waals surface area contributed by atoms with Crippen LogP contribution in [0.2, 0.25) is 5.02 Å². The molecule has 33 heavy (non-hydrogen) atoms. The van der Waals surface area contributed by atoms with E-state index < -0.39 is 11.8 Å². The highest BCUT2D eigenvalue weighted by atomic mass is 35.5. The molecule has 0 unspecified atom stereocenters. The summed E-state index contributed by atoms with van der Waals surface area (Å²) in [6.07, 6.45) is 0. The number of aryl methyl sites for hydroxylation is 1. The lowest BCUT2D eigenvalue weighted by atomic mass is 9.94. The normalized spacial score (nSPS) is 10.9. The Kier molecular flexibility index (Phi) is 6.53. The summed E-state index contributed by atoms with van der Waals surface area (Å²) in [5.74, 6) is -1.23. The second-order valence-electron chi connectivity index (χ2n) is 7.35. The summed E-state index contributed by atoms with van der Waals surface area (Å²) >= 11 is 6.13. The molecular weight excluding hydrogens is 447 g/mol. The van der Waals surface area contributed by atoms with Gasteiger partial charge >= 0.3 is 5.97 Å². The fourth-order valence-corrected chi connectivity index (χ4v) is 3.82. The molecule has 0 spiro atoms. The van der Waals surface area contributed by atoms with Crippen LogP contribution in [0.5, 0.6) is 0 Å². The molecule has 0 atom stereocenters. The molecule has 1 heterocycles. The van der Waals surface area contributed by atoms with Crippen molar-refractivity contribution in [2.24, 2.45) is 0 Å². The molecule has 0 N–H and O–H groups in total. The molecule has 0 radical (unpaired) electrons. The van der Waals surface area contributed by atoms with E-state index in [2.05, 4.69) is 33.9 Å². The highest BCUT2D eigenvalue weighted by molar-refractivity contribution is 6.33. The molecule has 6 nitrogen and oxygen atoms in total. The Bertz CT molecular complexity index is 1340. The zero-order valence-electron chi connectivity index (χ0n) is 18.2. The van der Waals surface area contributed by atoms with Gasteiger partial charge < -0.3 is 14.0 Å². The maximum atomic E-state index is 14.7. The summed E-state index contributed by atoms with van der Waals surface area (Å²) in [6, 6.07) is 16.1. The molecule has 0 saturated carbocycles. The Morgan fingerprint density at radius 2 is 1.85 bits per heavy atom. The van der Waals surface area contributed by atoms with Crippen LogP contribution in [0.4, 0.5) is 4.39 Å². The molecule has 0 aliphatic carbocycles. The van der Waals surface area contributed by atoms with E-state index in [1.54, 1.807) is 7.11 Å². The molecule has 0 fully saturated rings. The minimum absolute atomic E-state index is 0.0105. The molecule has 0 bridgehead atoms. The first-order valence-electron chi connectivity index (χ1n) is 10.0. The van der Waals surface area contributed by atoms with E-state index in [4.69, 9.17) is 20.9 Å². The second-order valence-corrected chi connectivity index (χ2v) is 7.75. The highest BCUT2D eigenvalue weighted by Gasteiger charge is 2.20. The number of halogens is 2. The number of ether oxygens (including phenoxy) is 2. The largest absolute Gasteiger partial charge is 0.465 e. The Morgan fingerprint density at radius 1 is 1.06 bits per heavy atom. The first-order chi connectivity index (χ1) is 15.9. The van der Waals surface area contributed by atoms with Gasteiger partial charge in [0.2, 0.25) is 5.82 Å². The van der Waals surface area contributed by atoms with Crippen molar-refractivity contribution >= 4 is 17.6 Å². The summed E-state index contributed by atoms with van der Waals surface area (Å²) in [4.78, 5) is 16.1. The minimum atomic E-state index is -0.737. The molecule has 0 saturated heterocycles. The van der Waals surface area contributed by atoms with E-state index in [1.807, 2.05) is 30.3 Å². The fraction of sp³-hybridized carbons (Fsp3) is 0.160. The van der Waals surface area contributed by atoms with Gasteiger partial charge in [-0.3, -0.25) is 0 Å². The smallest absolute Gasteiger partial charge is 0.339 e. The van der Waals surface area contributed by atoms with Crippen LogP contribution in [0.15, 0.2) is 59.1 Å². The van der Waals surface area contributed by atoms with E-state index >= 15 is 0 Å². The fourth-order valence-electron chi connectivity index (χ4n) is 3.57. The number of esters is 1. The zero-order valence-corrected chi connectivity index (χ0v) is 18.9. The first-order valence-corrected chi connectivity index (χ1v) is 10.4. The third kappa shape index (κ3) is 4.51. The minimum Gasteiger partial charge on any atom is -0.465 e. The quantitative estimate of drug-likeness (QED) is 0.319. The summed E-state index contributed by atoms with van der Waals surface area (Å²) in [5, 5.41) is 3.92. The van der Waals surface area contributed by atoms with Crippen molar-refractivity contribution in [3.8, 4) is 34.0 Å². The second kappa shape index (κ2) is 9.52. The lowest BCUT2D eigenvalue weighted by Crippen LogP contribution is -2.03. The topological polar surface area (TPSA) is 74.5 Å².